The zero-order valence-corrected chi connectivity index (χ0v) is 12.1. The lowest BCUT2D eigenvalue weighted by molar-refractivity contribution is 0.136. The van der Waals surface area contributed by atoms with Crippen molar-refractivity contribution in [2.24, 2.45) is 0 Å². The molecule has 1 aliphatic heterocycles. The molecule has 0 radical (unpaired) electrons. The zero-order chi connectivity index (χ0) is 13.7. The fourth-order valence-electron chi connectivity index (χ4n) is 2.76. The molecule has 0 bridgehead atoms. The lowest BCUT2D eigenvalue weighted by Crippen LogP contribution is -2.39. The molecule has 1 aromatic rings. The minimum atomic E-state index is -0.286. The molecular weight excluding hydrogens is 265 g/mol. The van der Waals surface area contributed by atoms with Crippen LogP contribution in [-0.2, 0) is 6.54 Å². The molecule has 19 heavy (non-hydrogen) atoms. The predicted octanol–water partition coefficient (Wildman–Crippen LogP) is 3.82. The number of nitrogens with zero attached hydrogens (tertiary/aromatic N) is 1. The van der Waals surface area contributed by atoms with Crippen LogP contribution in [0.25, 0.3) is 0 Å². The lowest BCUT2D eigenvalue weighted by atomic mass is 9.99. The van der Waals surface area contributed by atoms with E-state index in [4.69, 9.17) is 16.3 Å². The van der Waals surface area contributed by atoms with Gasteiger partial charge in [0.2, 0.25) is 0 Å². The Kier molecular flexibility index (Phi) is 5.46. The highest BCUT2D eigenvalue weighted by Gasteiger charge is 2.22. The van der Waals surface area contributed by atoms with Crippen LogP contribution >= 0.6 is 11.6 Å². The fourth-order valence-corrected chi connectivity index (χ4v) is 3.02. The van der Waals surface area contributed by atoms with E-state index in [1.165, 1.54) is 26.4 Å². The molecule has 2 rings (SSSR count). The van der Waals surface area contributed by atoms with E-state index in [1.54, 1.807) is 12.1 Å². The van der Waals surface area contributed by atoms with E-state index in [1.807, 2.05) is 6.07 Å². The monoisotopic (exact) mass is 285 g/mol. The van der Waals surface area contributed by atoms with Gasteiger partial charge in [-0.05, 0) is 43.5 Å². The van der Waals surface area contributed by atoms with Crippen LogP contribution in [0.2, 0.25) is 0 Å². The van der Waals surface area contributed by atoms with E-state index in [9.17, 15) is 4.39 Å². The predicted molar refractivity (Wildman–Crippen MR) is 76.3 cm³/mol. The second kappa shape index (κ2) is 7.11. The number of likely N-dealkylation sites (tertiary alicyclic amines) is 1. The maximum absolute atomic E-state index is 13.7. The molecule has 0 aliphatic carbocycles. The molecule has 1 heterocycles. The molecule has 1 saturated heterocycles. The van der Waals surface area contributed by atoms with E-state index in [0.29, 0.717) is 17.7 Å². The van der Waals surface area contributed by atoms with Crippen molar-refractivity contribution in [2.45, 2.75) is 38.3 Å². The molecule has 1 aromatic carbocycles. The maximum Gasteiger partial charge on any atom is 0.165 e. The summed E-state index contributed by atoms with van der Waals surface area (Å²) >= 11 is 5.86. The molecule has 0 amide bonds. The van der Waals surface area contributed by atoms with Crippen LogP contribution < -0.4 is 4.74 Å². The standard InChI is InChI=1S/C15H21ClFNO/c1-19-15-6-5-12(10-14(15)17)11-18-9-3-2-4-13(18)7-8-16/h5-6,10,13H,2-4,7-9,11H2,1H3. The van der Waals surface area contributed by atoms with Gasteiger partial charge in [-0.2, -0.15) is 0 Å². The van der Waals surface area contributed by atoms with Crippen LogP contribution in [-0.4, -0.2) is 30.5 Å². The minimum absolute atomic E-state index is 0.286. The maximum atomic E-state index is 13.7. The van der Waals surface area contributed by atoms with Gasteiger partial charge in [-0.25, -0.2) is 4.39 Å². The molecule has 1 atom stereocenters. The average molecular weight is 286 g/mol. The van der Waals surface area contributed by atoms with Crippen molar-refractivity contribution in [1.82, 2.24) is 4.90 Å². The highest BCUT2D eigenvalue weighted by Crippen LogP contribution is 2.24. The molecular formula is C15H21ClFNO. The lowest BCUT2D eigenvalue weighted by Gasteiger charge is -2.35. The highest BCUT2D eigenvalue weighted by atomic mass is 35.5. The molecule has 1 aliphatic rings. The number of benzene rings is 1. The van der Waals surface area contributed by atoms with Gasteiger partial charge in [0.25, 0.3) is 0 Å². The third kappa shape index (κ3) is 3.83. The largest absolute Gasteiger partial charge is 0.494 e. The number of piperidine rings is 1. The van der Waals surface area contributed by atoms with Crippen LogP contribution in [0.3, 0.4) is 0 Å². The number of halogens is 2. The molecule has 4 heteroatoms. The first kappa shape index (κ1) is 14.6. The van der Waals surface area contributed by atoms with Gasteiger partial charge in [0, 0.05) is 18.5 Å². The number of ether oxygens (including phenoxy) is 1. The Bertz CT molecular complexity index is 411. The normalized spacial score (nSPS) is 20.5. The zero-order valence-electron chi connectivity index (χ0n) is 11.4. The van der Waals surface area contributed by atoms with Crippen LogP contribution in [0, 0.1) is 5.82 Å². The summed E-state index contributed by atoms with van der Waals surface area (Å²) in [6, 6.07) is 5.75. The number of methoxy groups -OCH3 is 1. The van der Waals surface area contributed by atoms with Gasteiger partial charge in [0.15, 0.2) is 11.6 Å². The summed E-state index contributed by atoms with van der Waals surface area (Å²) < 4.78 is 18.6. The molecule has 0 spiro atoms. The van der Waals surface area contributed by atoms with E-state index >= 15 is 0 Å². The van der Waals surface area contributed by atoms with Crippen molar-refractivity contribution < 1.29 is 9.13 Å². The van der Waals surface area contributed by atoms with Crippen LogP contribution in [0.1, 0.15) is 31.2 Å². The SMILES string of the molecule is COc1ccc(CN2CCCCC2CCCl)cc1F. The van der Waals surface area contributed by atoms with Crippen molar-refractivity contribution in [3.63, 3.8) is 0 Å². The quantitative estimate of drug-likeness (QED) is 0.763. The van der Waals surface area contributed by atoms with E-state index in [0.717, 1.165) is 25.1 Å². The van der Waals surface area contributed by atoms with Crippen LogP contribution in [0.5, 0.6) is 5.75 Å². The number of hydrogen-bond donors (Lipinski definition) is 0. The molecule has 106 valence electrons. The summed E-state index contributed by atoms with van der Waals surface area (Å²) in [7, 11) is 1.49. The van der Waals surface area contributed by atoms with Gasteiger partial charge in [0.1, 0.15) is 0 Å². The third-order valence-corrected chi connectivity index (χ3v) is 4.01. The van der Waals surface area contributed by atoms with E-state index in [2.05, 4.69) is 4.90 Å². The minimum Gasteiger partial charge on any atom is -0.494 e. The number of alkyl halides is 1. The Morgan fingerprint density at radius 2 is 2.26 bits per heavy atom. The van der Waals surface area contributed by atoms with Crippen molar-refractivity contribution in [3.8, 4) is 5.75 Å². The Balaban J connectivity index is 2.04. The van der Waals surface area contributed by atoms with Crippen LogP contribution in [0.4, 0.5) is 4.39 Å². The van der Waals surface area contributed by atoms with Crippen molar-refractivity contribution in [2.75, 3.05) is 19.5 Å². The number of hydrogen-bond acceptors (Lipinski definition) is 2. The van der Waals surface area contributed by atoms with Gasteiger partial charge in [-0.1, -0.05) is 12.5 Å². The van der Waals surface area contributed by atoms with Crippen LogP contribution in [0.15, 0.2) is 18.2 Å². The summed E-state index contributed by atoms with van der Waals surface area (Å²) in [5.74, 6) is 0.712. The molecule has 0 N–H and O–H groups in total. The van der Waals surface area contributed by atoms with E-state index in [-0.39, 0.29) is 5.82 Å². The molecule has 0 aromatic heterocycles. The Hall–Kier alpha value is -0.800. The molecule has 1 unspecified atom stereocenters. The van der Waals surface area contributed by atoms with Crippen molar-refractivity contribution >= 4 is 11.6 Å². The van der Waals surface area contributed by atoms with E-state index < -0.39 is 0 Å². The summed E-state index contributed by atoms with van der Waals surface area (Å²) in [6.07, 6.45) is 4.71. The molecule has 1 fully saturated rings. The van der Waals surface area contributed by atoms with Gasteiger partial charge < -0.3 is 4.74 Å². The smallest absolute Gasteiger partial charge is 0.165 e. The topological polar surface area (TPSA) is 12.5 Å². The second-order valence-corrected chi connectivity index (χ2v) is 5.44. The molecule has 0 saturated carbocycles. The highest BCUT2D eigenvalue weighted by molar-refractivity contribution is 6.17. The first-order valence-electron chi connectivity index (χ1n) is 6.87. The van der Waals surface area contributed by atoms with Gasteiger partial charge in [-0.3, -0.25) is 4.90 Å². The second-order valence-electron chi connectivity index (χ2n) is 5.07. The van der Waals surface area contributed by atoms with Gasteiger partial charge in [0.05, 0.1) is 7.11 Å². The Labute approximate surface area is 119 Å². The Morgan fingerprint density at radius 1 is 1.42 bits per heavy atom. The summed E-state index contributed by atoms with van der Waals surface area (Å²) in [5, 5.41) is 0. The average Bonchev–Trinajstić information content (AvgIpc) is 2.41. The Morgan fingerprint density at radius 3 is 2.95 bits per heavy atom. The van der Waals surface area contributed by atoms with Gasteiger partial charge >= 0.3 is 0 Å². The number of rotatable bonds is 5. The summed E-state index contributed by atoms with van der Waals surface area (Å²) in [4.78, 5) is 2.42. The third-order valence-electron chi connectivity index (χ3n) is 3.79. The fraction of sp³-hybridized carbons (Fsp3) is 0.600. The molecule has 2 nitrogen and oxygen atoms in total. The van der Waals surface area contributed by atoms with Crippen molar-refractivity contribution in [3.05, 3.63) is 29.6 Å². The van der Waals surface area contributed by atoms with Gasteiger partial charge in [-0.15, -0.1) is 11.6 Å². The first-order chi connectivity index (χ1) is 9.24. The van der Waals surface area contributed by atoms with Crippen molar-refractivity contribution in [1.29, 1.82) is 0 Å². The summed E-state index contributed by atoms with van der Waals surface area (Å²) in [5.41, 5.74) is 1.000. The summed E-state index contributed by atoms with van der Waals surface area (Å²) in [6.45, 7) is 1.87. The first-order valence-corrected chi connectivity index (χ1v) is 7.40.